The van der Waals surface area contributed by atoms with Crippen LogP contribution in [0.4, 0.5) is 11.5 Å². The highest BCUT2D eigenvalue weighted by atomic mass is 16.3. The summed E-state index contributed by atoms with van der Waals surface area (Å²) in [6.45, 7) is 0. The van der Waals surface area contributed by atoms with Crippen molar-refractivity contribution >= 4 is 71.4 Å². The Labute approximate surface area is 229 Å². The Bertz CT molecular complexity index is 2400. The number of furan rings is 1. The molecule has 0 fully saturated rings. The van der Waals surface area contributed by atoms with Gasteiger partial charge in [-0.2, -0.15) is 0 Å². The minimum atomic E-state index is 0.220. The SMILES string of the molecule is C1=CC2Nc3c(n4c5ccc6oc7cc(-c8ccc9ccccc9c8)ccc7c6c5c5cccc3c54)NC2C=C1. The van der Waals surface area contributed by atoms with Crippen LogP contribution in [-0.2, 0) is 0 Å². The topological polar surface area (TPSA) is 41.6 Å². The molecule has 0 radical (unpaired) electrons. The highest BCUT2D eigenvalue weighted by molar-refractivity contribution is 6.31. The monoisotopic (exact) mass is 513 g/mol. The van der Waals surface area contributed by atoms with Gasteiger partial charge in [-0.25, -0.2) is 0 Å². The predicted octanol–water partition coefficient (Wildman–Crippen LogP) is 9.10. The molecule has 0 bridgehead atoms. The molecule has 4 heteroatoms. The molecule has 4 nitrogen and oxygen atoms in total. The van der Waals surface area contributed by atoms with Gasteiger partial charge in [0.25, 0.3) is 0 Å². The van der Waals surface area contributed by atoms with Crippen molar-refractivity contribution in [1.82, 2.24) is 4.40 Å². The fraction of sp³-hybridized carbons (Fsp3) is 0.0556. The maximum Gasteiger partial charge on any atom is 0.136 e. The van der Waals surface area contributed by atoms with Crippen LogP contribution in [0.3, 0.4) is 0 Å². The summed E-state index contributed by atoms with van der Waals surface area (Å²) in [5.74, 6) is 1.13. The van der Waals surface area contributed by atoms with Crippen LogP contribution < -0.4 is 10.6 Å². The van der Waals surface area contributed by atoms with Crippen LogP contribution in [0.5, 0.6) is 0 Å². The van der Waals surface area contributed by atoms with Crippen molar-refractivity contribution in [3.63, 3.8) is 0 Å². The first-order valence-corrected chi connectivity index (χ1v) is 13.9. The number of nitrogens with one attached hydrogen (secondary N) is 2. The second kappa shape index (κ2) is 7.25. The molecule has 2 aliphatic rings. The average molecular weight is 514 g/mol. The Morgan fingerprint density at radius 2 is 1.40 bits per heavy atom. The van der Waals surface area contributed by atoms with Crippen molar-refractivity contribution in [2.75, 3.05) is 10.6 Å². The van der Waals surface area contributed by atoms with Crippen LogP contribution in [0, 0.1) is 0 Å². The molecular weight excluding hydrogens is 490 g/mol. The van der Waals surface area contributed by atoms with E-state index in [9.17, 15) is 0 Å². The fourth-order valence-corrected chi connectivity index (χ4v) is 7.13. The summed E-state index contributed by atoms with van der Waals surface area (Å²) in [6, 6.07) is 33.3. The Morgan fingerprint density at radius 3 is 2.33 bits per heavy atom. The lowest BCUT2D eigenvalue weighted by Gasteiger charge is -2.33. The van der Waals surface area contributed by atoms with E-state index in [0.717, 1.165) is 27.9 Å². The van der Waals surface area contributed by atoms with Gasteiger partial charge in [0.2, 0.25) is 0 Å². The van der Waals surface area contributed by atoms with E-state index in [0.29, 0.717) is 0 Å². The van der Waals surface area contributed by atoms with Crippen LogP contribution in [0.1, 0.15) is 0 Å². The Morgan fingerprint density at radius 1 is 0.600 bits per heavy atom. The van der Waals surface area contributed by atoms with Crippen LogP contribution in [0.2, 0.25) is 0 Å². The predicted molar refractivity (Wildman–Crippen MR) is 167 cm³/mol. The summed E-state index contributed by atoms with van der Waals surface area (Å²) in [5, 5.41) is 16.2. The third kappa shape index (κ3) is 2.56. The molecule has 0 amide bonds. The number of benzene rings is 5. The molecule has 1 aliphatic carbocycles. The number of nitrogens with zero attached hydrogens (tertiary/aromatic N) is 1. The molecule has 8 aromatic rings. The summed E-state index contributed by atoms with van der Waals surface area (Å²) in [6.07, 6.45) is 8.72. The van der Waals surface area contributed by atoms with Gasteiger partial charge in [-0.05, 0) is 52.2 Å². The Kier molecular flexibility index (Phi) is 3.75. The molecule has 10 rings (SSSR count). The number of rotatable bonds is 1. The van der Waals surface area contributed by atoms with Gasteiger partial charge in [-0.3, -0.25) is 4.40 Å². The van der Waals surface area contributed by atoms with Gasteiger partial charge in [-0.1, -0.05) is 85.0 Å². The third-order valence-corrected chi connectivity index (χ3v) is 8.95. The zero-order valence-electron chi connectivity index (χ0n) is 21.5. The van der Waals surface area contributed by atoms with E-state index in [1.54, 1.807) is 0 Å². The molecule has 0 saturated carbocycles. The van der Waals surface area contributed by atoms with Gasteiger partial charge in [0.15, 0.2) is 0 Å². The average Bonchev–Trinajstić information content (AvgIpc) is 3.65. The number of para-hydroxylation sites is 1. The molecule has 3 aromatic heterocycles. The van der Waals surface area contributed by atoms with Gasteiger partial charge < -0.3 is 15.1 Å². The summed E-state index contributed by atoms with van der Waals surface area (Å²) in [4.78, 5) is 0. The van der Waals surface area contributed by atoms with Gasteiger partial charge in [0.1, 0.15) is 17.0 Å². The van der Waals surface area contributed by atoms with E-state index in [1.165, 1.54) is 54.6 Å². The molecule has 2 unspecified atom stereocenters. The zero-order valence-corrected chi connectivity index (χ0v) is 21.5. The lowest BCUT2D eigenvalue weighted by atomic mass is 9.98. The Hall–Kier alpha value is -5.22. The molecular formula is C36H23N3O. The zero-order chi connectivity index (χ0) is 25.9. The lowest BCUT2D eigenvalue weighted by molar-refractivity contribution is 0.669. The molecule has 188 valence electrons. The summed E-state index contributed by atoms with van der Waals surface area (Å²) in [7, 11) is 0. The van der Waals surface area contributed by atoms with E-state index in [2.05, 4.69) is 130 Å². The normalized spacial score (nSPS) is 18.2. The van der Waals surface area contributed by atoms with Crippen LogP contribution in [0.15, 0.2) is 120 Å². The van der Waals surface area contributed by atoms with E-state index in [1.807, 2.05) is 0 Å². The number of aromatic nitrogens is 1. The minimum absolute atomic E-state index is 0.220. The molecule has 5 aromatic carbocycles. The van der Waals surface area contributed by atoms with E-state index in [4.69, 9.17) is 4.42 Å². The smallest absolute Gasteiger partial charge is 0.136 e. The summed E-state index contributed by atoms with van der Waals surface area (Å²) >= 11 is 0. The second-order valence-electron chi connectivity index (χ2n) is 11.1. The molecule has 2 N–H and O–H groups in total. The van der Waals surface area contributed by atoms with Crippen molar-refractivity contribution in [3.05, 3.63) is 115 Å². The maximum absolute atomic E-state index is 6.53. The number of anilines is 2. The van der Waals surface area contributed by atoms with Gasteiger partial charge in [-0.15, -0.1) is 0 Å². The van der Waals surface area contributed by atoms with Crippen LogP contribution in [-0.4, -0.2) is 16.5 Å². The quantitative estimate of drug-likeness (QED) is 0.230. The molecule has 0 spiro atoms. The first-order chi connectivity index (χ1) is 19.8. The van der Waals surface area contributed by atoms with Crippen molar-refractivity contribution in [1.29, 1.82) is 0 Å². The van der Waals surface area contributed by atoms with Crippen molar-refractivity contribution < 1.29 is 4.42 Å². The van der Waals surface area contributed by atoms with Gasteiger partial charge >= 0.3 is 0 Å². The third-order valence-electron chi connectivity index (χ3n) is 8.95. The molecule has 2 atom stereocenters. The summed E-state index contributed by atoms with van der Waals surface area (Å²) < 4.78 is 8.94. The number of fused-ring (bicyclic) bond motifs is 12. The number of allylic oxidation sites excluding steroid dienone is 2. The lowest BCUT2D eigenvalue weighted by Crippen LogP contribution is -2.41. The molecule has 1 aliphatic heterocycles. The van der Waals surface area contributed by atoms with Crippen LogP contribution in [0.25, 0.3) is 71.0 Å². The van der Waals surface area contributed by atoms with E-state index in [-0.39, 0.29) is 12.1 Å². The Balaban J connectivity index is 1.23. The second-order valence-corrected chi connectivity index (χ2v) is 11.1. The van der Waals surface area contributed by atoms with E-state index < -0.39 is 0 Å². The standard InChI is InChI=1S/C36H23N3O/c1-2-7-21-18-22(13-12-20(21)6-1)23-14-15-24-31(19-23)40-30-17-16-29-32(33(24)30)25-8-5-9-26-34-36(39(29)35(25)26)38-28-11-4-3-10-27(28)37-34/h1-19,27-28,37-38H. The van der Waals surface area contributed by atoms with Crippen molar-refractivity contribution in [2.45, 2.75) is 12.1 Å². The maximum atomic E-state index is 6.53. The molecule has 0 saturated heterocycles. The van der Waals surface area contributed by atoms with Crippen molar-refractivity contribution in [3.8, 4) is 11.1 Å². The minimum Gasteiger partial charge on any atom is -0.456 e. The first kappa shape index (κ1) is 20.7. The van der Waals surface area contributed by atoms with Crippen LogP contribution >= 0.6 is 0 Å². The first-order valence-electron chi connectivity index (χ1n) is 13.9. The number of hydrogen-bond acceptors (Lipinski definition) is 3. The highest BCUT2D eigenvalue weighted by Gasteiger charge is 2.32. The van der Waals surface area contributed by atoms with E-state index >= 15 is 0 Å². The fourth-order valence-electron chi connectivity index (χ4n) is 7.13. The number of hydrogen-bond donors (Lipinski definition) is 2. The van der Waals surface area contributed by atoms with Gasteiger partial charge in [0, 0.05) is 26.9 Å². The van der Waals surface area contributed by atoms with Gasteiger partial charge in [0.05, 0.1) is 28.8 Å². The summed E-state index contributed by atoms with van der Waals surface area (Å²) in [5.41, 5.74) is 7.83. The van der Waals surface area contributed by atoms with Crippen molar-refractivity contribution in [2.24, 2.45) is 0 Å². The molecule has 40 heavy (non-hydrogen) atoms. The molecule has 4 heterocycles. The largest absolute Gasteiger partial charge is 0.456 e. The highest BCUT2D eigenvalue weighted by Crippen LogP contribution is 2.48.